The number of hydrogen-bond donors (Lipinski definition) is 1. The zero-order chi connectivity index (χ0) is 25.7. The molecule has 1 fully saturated rings. The highest BCUT2D eigenvalue weighted by Crippen LogP contribution is 2.55. The lowest BCUT2D eigenvalue weighted by Crippen LogP contribution is -2.42. The first-order chi connectivity index (χ1) is 18.0. The molecule has 0 radical (unpaired) electrons. The van der Waals surface area contributed by atoms with E-state index >= 15 is 0 Å². The third-order valence-corrected chi connectivity index (χ3v) is 8.13. The Balaban J connectivity index is 1.54. The Labute approximate surface area is 217 Å². The smallest absolute Gasteiger partial charge is 0.310 e. The van der Waals surface area contributed by atoms with Crippen LogP contribution in [0.2, 0.25) is 0 Å². The van der Waals surface area contributed by atoms with Gasteiger partial charge in [0.25, 0.3) is 5.91 Å². The molecule has 192 valence electrons. The third-order valence-electron chi connectivity index (χ3n) is 7.26. The number of benzene rings is 2. The highest BCUT2D eigenvalue weighted by Gasteiger charge is 2.53. The SMILES string of the molecule is COc1cc([C@H]2c3cc4c(cc3[C@H](NC(=O)c3cccs3)C3COC(=O)[C@@H]32)OCO4)cc(OC)c1OC. The third kappa shape index (κ3) is 3.74. The molecule has 1 amide bonds. The van der Waals surface area contributed by atoms with Gasteiger partial charge >= 0.3 is 5.97 Å². The van der Waals surface area contributed by atoms with Crippen LogP contribution >= 0.6 is 11.3 Å². The van der Waals surface area contributed by atoms with Crippen molar-refractivity contribution in [1.29, 1.82) is 0 Å². The number of amides is 1. The number of nitrogens with one attached hydrogen (secondary N) is 1. The minimum Gasteiger partial charge on any atom is -0.493 e. The van der Waals surface area contributed by atoms with E-state index in [4.69, 9.17) is 28.4 Å². The molecule has 2 aromatic carbocycles. The van der Waals surface area contributed by atoms with E-state index in [-0.39, 0.29) is 31.2 Å². The van der Waals surface area contributed by atoms with Crippen LogP contribution in [-0.4, -0.2) is 46.6 Å². The van der Waals surface area contributed by atoms with E-state index in [1.54, 1.807) is 27.4 Å². The molecule has 3 aliphatic rings. The number of fused-ring (bicyclic) bond motifs is 3. The lowest BCUT2D eigenvalue weighted by atomic mass is 9.65. The van der Waals surface area contributed by atoms with Crippen LogP contribution in [0.15, 0.2) is 41.8 Å². The molecule has 1 unspecified atom stereocenters. The van der Waals surface area contributed by atoms with Gasteiger partial charge in [-0.1, -0.05) is 6.07 Å². The van der Waals surface area contributed by atoms with Crippen LogP contribution in [0.25, 0.3) is 0 Å². The maximum Gasteiger partial charge on any atom is 0.310 e. The standard InChI is InChI=1S/C27H25NO8S/c1-31-19-7-13(8-20(32-2)25(19)33-3)22-14-9-17-18(36-12-35-17)10-15(14)24(16-11-34-27(30)23(16)22)28-26(29)21-5-4-6-37-21/h4-10,16,22-24H,11-12H2,1-3H3,(H,28,29)/t16?,22-,23-,24-/m0/s1. The molecular formula is C27H25NO8S. The Bertz CT molecular complexity index is 1350. The summed E-state index contributed by atoms with van der Waals surface area (Å²) in [7, 11) is 4.65. The van der Waals surface area contributed by atoms with E-state index in [1.165, 1.54) is 11.3 Å². The summed E-state index contributed by atoms with van der Waals surface area (Å²) in [6.45, 7) is 0.294. The maximum atomic E-state index is 13.3. The van der Waals surface area contributed by atoms with Gasteiger partial charge in [0.1, 0.15) is 0 Å². The monoisotopic (exact) mass is 523 g/mol. The van der Waals surface area contributed by atoms with Crippen molar-refractivity contribution in [2.24, 2.45) is 11.8 Å². The topological polar surface area (TPSA) is 102 Å². The summed E-state index contributed by atoms with van der Waals surface area (Å²) in [4.78, 5) is 27.0. The number of ether oxygens (including phenoxy) is 6. The fraction of sp³-hybridized carbons (Fsp3) is 0.333. The molecule has 2 aliphatic heterocycles. The van der Waals surface area contributed by atoms with Crippen molar-refractivity contribution < 1.29 is 38.0 Å². The minimum absolute atomic E-state index is 0.105. The highest BCUT2D eigenvalue weighted by atomic mass is 32.1. The van der Waals surface area contributed by atoms with Crippen LogP contribution in [0.5, 0.6) is 28.7 Å². The lowest BCUT2D eigenvalue weighted by Gasteiger charge is -2.39. The summed E-state index contributed by atoms with van der Waals surface area (Å²) in [5.41, 5.74) is 2.49. The van der Waals surface area contributed by atoms with Gasteiger partial charge in [0.2, 0.25) is 12.5 Å². The lowest BCUT2D eigenvalue weighted by molar-refractivity contribution is -0.141. The van der Waals surface area contributed by atoms with Crippen molar-refractivity contribution in [1.82, 2.24) is 5.32 Å². The molecule has 6 rings (SSSR count). The predicted molar refractivity (Wildman–Crippen MR) is 133 cm³/mol. The number of thiophene rings is 1. The molecule has 1 saturated heterocycles. The van der Waals surface area contributed by atoms with Crippen LogP contribution in [0.3, 0.4) is 0 Å². The predicted octanol–water partition coefficient (Wildman–Crippen LogP) is 3.91. The minimum atomic E-state index is -0.552. The average Bonchev–Trinajstić information content (AvgIpc) is 3.68. The number of rotatable bonds is 6. The Hall–Kier alpha value is -3.92. The van der Waals surface area contributed by atoms with Gasteiger partial charge in [-0.25, -0.2) is 0 Å². The van der Waals surface area contributed by atoms with Gasteiger partial charge < -0.3 is 33.7 Å². The normalized spacial score (nSPS) is 23.1. The molecule has 1 aliphatic carbocycles. The van der Waals surface area contributed by atoms with Gasteiger partial charge in [-0.2, -0.15) is 0 Å². The molecule has 4 atom stereocenters. The fourth-order valence-electron chi connectivity index (χ4n) is 5.65. The Morgan fingerprint density at radius 3 is 2.30 bits per heavy atom. The van der Waals surface area contributed by atoms with Crippen molar-refractivity contribution >= 4 is 23.2 Å². The molecule has 0 bridgehead atoms. The van der Waals surface area contributed by atoms with Crippen molar-refractivity contribution in [3.63, 3.8) is 0 Å². The van der Waals surface area contributed by atoms with Crippen molar-refractivity contribution in [3.05, 3.63) is 63.3 Å². The molecule has 0 saturated carbocycles. The van der Waals surface area contributed by atoms with E-state index < -0.39 is 17.9 Å². The number of esters is 1. The Morgan fingerprint density at radius 1 is 0.973 bits per heavy atom. The molecule has 1 N–H and O–H groups in total. The van der Waals surface area contributed by atoms with E-state index in [0.29, 0.717) is 33.6 Å². The van der Waals surface area contributed by atoms with Crippen molar-refractivity contribution in [3.8, 4) is 28.7 Å². The summed E-state index contributed by atoms with van der Waals surface area (Å²) < 4.78 is 33.7. The van der Waals surface area contributed by atoms with Crippen LogP contribution < -0.4 is 29.0 Å². The largest absolute Gasteiger partial charge is 0.493 e. The van der Waals surface area contributed by atoms with E-state index in [1.807, 2.05) is 35.7 Å². The zero-order valence-electron chi connectivity index (χ0n) is 20.4. The molecule has 3 heterocycles. The summed E-state index contributed by atoms with van der Waals surface area (Å²) in [5.74, 6) is 0.833. The van der Waals surface area contributed by atoms with Gasteiger partial charge in [0.05, 0.1) is 44.8 Å². The molecule has 9 nitrogen and oxygen atoms in total. The van der Waals surface area contributed by atoms with Gasteiger partial charge in [0.15, 0.2) is 23.0 Å². The average molecular weight is 524 g/mol. The summed E-state index contributed by atoms with van der Waals surface area (Å²) in [6, 6.07) is 10.7. The second-order valence-corrected chi connectivity index (χ2v) is 9.97. The summed E-state index contributed by atoms with van der Waals surface area (Å²) >= 11 is 1.36. The summed E-state index contributed by atoms with van der Waals surface area (Å²) in [5, 5.41) is 5.02. The first-order valence-corrected chi connectivity index (χ1v) is 12.7. The number of carbonyl (C=O) groups excluding carboxylic acids is 2. The maximum absolute atomic E-state index is 13.3. The number of carbonyl (C=O) groups is 2. The molecule has 37 heavy (non-hydrogen) atoms. The molecular weight excluding hydrogens is 498 g/mol. The van der Waals surface area contributed by atoms with Crippen LogP contribution in [0, 0.1) is 11.8 Å². The van der Waals surface area contributed by atoms with Crippen LogP contribution in [0.4, 0.5) is 0 Å². The van der Waals surface area contributed by atoms with Gasteiger partial charge in [0, 0.05) is 11.8 Å². The summed E-state index contributed by atoms with van der Waals surface area (Å²) in [6.07, 6.45) is 0. The highest BCUT2D eigenvalue weighted by molar-refractivity contribution is 7.12. The van der Waals surface area contributed by atoms with Crippen LogP contribution in [0.1, 0.15) is 38.3 Å². The number of methoxy groups -OCH3 is 3. The molecule has 10 heteroatoms. The van der Waals surface area contributed by atoms with Gasteiger partial charge in [-0.3, -0.25) is 9.59 Å². The molecule has 3 aromatic rings. The van der Waals surface area contributed by atoms with Crippen LogP contribution in [-0.2, 0) is 9.53 Å². The fourth-order valence-corrected chi connectivity index (χ4v) is 6.28. The zero-order valence-corrected chi connectivity index (χ0v) is 21.3. The molecule has 0 spiro atoms. The number of cyclic esters (lactones) is 1. The first kappa shape index (κ1) is 23.5. The van der Waals surface area contributed by atoms with E-state index in [9.17, 15) is 9.59 Å². The first-order valence-electron chi connectivity index (χ1n) is 11.8. The van der Waals surface area contributed by atoms with Gasteiger partial charge in [-0.15, -0.1) is 11.3 Å². The van der Waals surface area contributed by atoms with E-state index in [2.05, 4.69) is 5.32 Å². The molecule has 1 aromatic heterocycles. The van der Waals surface area contributed by atoms with Crippen molar-refractivity contribution in [2.75, 3.05) is 34.7 Å². The second kappa shape index (κ2) is 9.19. The van der Waals surface area contributed by atoms with Gasteiger partial charge in [-0.05, 0) is 52.4 Å². The quantitative estimate of drug-likeness (QED) is 0.486. The van der Waals surface area contributed by atoms with Crippen molar-refractivity contribution in [2.45, 2.75) is 12.0 Å². The van der Waals surface area contributed by atoms with E-state index in [0.717, 1.165) is 16.7 Å². The second-order valence-electron chi connectivity index (χ2n) is 9.02. The Kier molecular flexibility index (Phi) is 5.83. The Morgan fingerprint density at radius 2 is 1.68 bits per heavy atom. The number of hydrogen-bond acceptors (Lipinski definition) is 9.